The summed E-state index contributed by atoms with van der Waals surface area (Å²) >= 11 is 1.43. The third kappa shape index (κ3) is 4.87. The Labute approximate surface area is 180 Å². The van der Waals surface area contributed by atoms with Gasteiger partial charge in [0.1, 0.15) is 10.8 Å². The van der Waals surface area contributed by atoms with Crippen molar-refractivity contribution in [2.24, 2.45) is 5.18 Å². The fraction of sp³-hybridized carbons (Fsp3) is 0.0870. The molecule has 0 unspecified atom stereocenters. The number of rotatable bonds is 6. The Morgan fingerprint density at radius 3 is 2.55 bits per heavy atom. The summed E-state index contributed by atoms with van der Waals surface area (Å²) in [7, 11) is 0. The van der Waals surface area contributed by atoms with Gasteiger partial charge in [0.05, 0.1) is 16.6 Å². The molecule has 1 aromatic heterocycles. The van der Waals surface area contributed by atoms with Crippen LogP contribution in [0.4, 0.5) is 4.39 Å². The molecular formula is C23H16FN3O3S. The minimum Gasteiger partial charge on any atom is -0.352 e. The molecule has 0 aliphatic carbocycles. The molecule has 0 saturated heterocycles. The van der Waals surface area contributed by atoms with Crippen molar-refractivity contribution in [3.63, 3.8) is 0 Å². The normalized spacial score (nSPS) is 10.7. The number of nitrogens with zero attached hydrogens (tertiary/aromatic N) is 2. The first-order valence-corrected chi connectivity index (χ1v) is 10.2. The fourth-order valence-electron chi connectivity index (χ4n) is 3.14. The summed E-state index contributed by atoms with van der Waals surface area (Å²) in [6.07, 6.45) is 0.125. The molecule has 4 rings (SSSR count). The van der Waals surface area contributed by atoms with Crippen LogP contribution in [0.3, 0.4) is 0 Å². The van der Waals surface area contributed by atoms with Gasteiger partial charge in [0.2, 0.25) is 5.91 Å². The maximum Gasteiger partial charge on any atom is 0.316 e. The number of halogens is 1. The zero-order chi connectivity index (χ0) is 21.8. The Morgan fingerprint density at radius 1 is 1.00 bits per heavy atom. The summed E-state index contributed by atoms with van der Waals surface area (Å²) in [5.41, 5.74) is 3.53. The molecule has 4 aromatic rings. The van der Waals surface area contributed by atoms with E-state index in [1.807, 2.05) is 18.2 Å². The van der Waals surface area contributed by atoms with Gasteiger partial charge in [0.15, 0.2) is 0 Å². The molecular weight excluding hydrogens is 417 g/mol. The first-order valence-electron chi connectivity index (χ1n) is 9.40. The molecule has 8 heteroatoms. The zero-order valence-corrected chi connectivity index (χ0v) is 17.0. The van der Waals surface area contributed by atoms with Crippen LogP contribution >= 0.6 is 11.3 Å². The number of amides is 2. The molecule has 0 fully saturated rings. The Kier molecular flexibility index (Phi) is 5.90. The van der Waals surface area contributed by atoms with Crippen molar-refractivity contribution in [3.8, 4) is 11.1 Å². The fourth-order valence-corrected chi connectivity index (χ4v) is 4.14. The van der Waals surface area contributed by atoms with E-state index >= 15 is 0 Å². The number of aromatic nitrogens is 1. The van der Waals surface area contributed by atoms with Crippen molar-refractivity contribution < 1.29 is 14.0 Å². The Balaban J connectivity index is 1.42. The number of hydrogen-bond donors (Lipinski definition) is 1. The lowest BCUT2D eigenvalue weighted by Crippen LogP contribution is -2.24. The summed E-state index contributed by atoms with van der Waals surface area (Å²) in [4.78, 5) is 38.6. The lowest BCUT2D eigenvalue weighted by molar-refractivity contribution is -0.120. The molecule has 2 amide bonds. The third-order valence-corrected chi connectivity index (χ3v) is 5.69. The van der Waals surface area contributed by atoms with Gasteiger partial charge in [-0.2, -0.15) is 0 Å². The van der Waals surface area contributed by atoms with Crippen LogP contribution in [0, 0.1) is 10.7 Å². The topological polar surface area (TPSA) is 88.5 Å². The number of carbonyl (C=O) groups is 2. The second kappa shape index (κ2) is 8.93. The number of nitrogens with one attached hydrogen (secondary N) is 1. The maximum absolute atomic E-state index is 13.1. The number of hydrogen-bond acceptors (Lipinski definition) is 5. The Hall–Kier alpha value is -3.78. The molecule has 31 heavy (non-hydrogen) atoms. The lowest BCUT2D eigenvalue weighted by Gasteiger charge is -2.05. The summed E-state index contributed by atoms with van der Waals surface area (Å²) in [5.74, 6) is -1.33. The zero-order valence-electron chi connectivity index (χ0n) is 16.2. The quantitative estimate of drug-likeness (QED) is 0.440. The highest BCUT2D eigenvalue weighted by atomic mass is 32.1. The highest BCUT2D eigenvalue weighted by Crippen LogP contribution is 2.28. The minimum atomic E-state index is -0.845. The number of benzene rings is 3. The average Bonchev–Trinajstić information content (AvgIpc) is 3.19. The second-order valence-corrected chi connectivity index (χ2v) is 7.96. The van der Waals surface area contributed by atoms with E-state index in [2.05, 4.69) is 15.5 Å². The van der Waals surface area contributed by atoms with Crippen LogP contribution in [-0.2, 0) is 17.8 Å². The van der Waals surface area contributed by atoms with Crippen LogP contribution in [0.1, 0.15) is 20.9 Å². The monoisotopic (exact) mass is 433 g/mol. The molecule has 3 aromatic carbocycles. The Bertz CT molecular complexity index is 1280. The lowest BCUT2D eigenvalue weighted by atomic mass is 10.1. The van der Waals surface area contributed by atoms with Gasteiger partial charge < -0.3 is 5.32 Å². The predicted octanol–water partition coefficient (Wildman–Crippen LogP) is 4.87. The second-order valence-electron chi connectivity index (χ2n) is 6.85. The van der Waals surface area contributed by atoms with Crippen molar-refractivity contribution in [1.29, 1.82) is 0 Å². The van der Waals surface area contributed by atoms with Gasteiger partial charge in [-0.3, -0.25) is 9.59 Å². The third-order valence-electron chi connectivity index (χ3n) is 4.67. The van der Waals surface area contributed by atoms with E-state index in [1.165, 1.54) is 35.6 Å². The van der Waals surface area contributed by atoms with Crippen molar-refractivity contribution >= 4 is 33.4 Å². The standard InChI is InChI=1S/C23H16FN3O3S/c24-18-7-4-15(5-8-18)16-6-9-19-20(11-16)31-22(26-19)12-21(28)25-13-14-2-1-3-17(10-14)23(29)27-30/h1-11H,12-13H2,(H,25,28). The van der Waals surface area contributed by atoms with Gasteiger partial charge >= 0.3 is 5.91 Å². The number of thiazole rings is 1. The highest BCUT2D eigenvalue weighted by molar-refractivity contribution is 7.18. The smallest absolute Gasteiger partial charge is 0.316 e. The van der Waals surface area contributed by atoms with E-state index in [1.54, 1.807) is 24.3 Å². The van der Waals surface area contributed by atoms with Crippen molar-refractivity contribution in [3.05, 3.63) is 93.6 Å². The van der Waals surface area contributed by atoms with Gasteiger partial charge in [-0.15, -0.1) is 16.2 Å². The molecule has 0 saturated carbocycles. The molecule has 0 bridgehead atoms. The Morgan fingerprint density at radius 2 is 1.77 bits per heavy atom. The summed E-state index contributed by atoms with van der Waals surface area (Å²) in [6, 6.07) is 18.5. The molecule has 0 atom stereocenters. The average molecular weight is 433 g/mol. The van der Waals surface area contributed by atoms with E-state index in [0.717, 1.165) is 21.3 Å². The van der Waals surface area contributed by atoms with Crippen LogP contribution in [-0.4, -0.2) is 16.8 Å². The van der Waals surface area contributed by atoms with E-state index in [0.29, 0.717) is 10.6 Å². The van der Waals surface area contributed by atoms with Crippen LogP contribution in [0.5, 0.6) is 0 Å². The molecule has 0 spiro atoms. The van der Waals surface area contributed by atoms with Gasteiger partial charge in [0.25, 0.3) is 0 Å². The van der Waals surface area contributed by atoms with Crippen molar-refractivity contribution in [2.75, 3.05) is 0 Å². The first kappa shape index (κ1) is 20.5. The van der Waals surface area contributed by atoms with E-state index in [9.17, 15) is 18.9 Å². The molecule has 0 radical (unpaired) electrons. The summed E-state index contributed by atoms with van der Waals surface area (Å²) < 4.78 is 14.1. The SMILES string of the molecule is O=NC(=O)c1cccc(CNC(=O)Cc2nc3ccc(-c4ccc(F)cc4)cc3s2)c1. The molecule has 1 heterocycles. The number of fused-ring (bicyclic) bond motifs is 1. The molecule has 0 aliphatic heterocycles. The van der Waals surface area contributed by atoms with Gasteiger partial charge in [-0.1, -0.05) is 30.3 Å². The van der Waals surface area contributed by atoms with E-state index in [-0.39, 0.29) is 30.3 Å². The molecule has 6 nitrogen and oxygen atoms in total. The van der Waals surface area contributed by atoms with Crippen molar-refractivity contribution in [1.82, 2.24) is 10.3 Å². The highest BCUT2D eigenvalue weighted by Gasteiger charge is 2.11. The number of nitroso groups, excluding NO2 is 1. The van der Waals surface area contributed by atoms with Gasteiger partial charge in [0, 0.05) is 17.3 Å². The van der Waals surface area contributed by atoms with E-state index < -0.39 is 5.91 Å². The van der Waals surface area contributed by atoms with Crippen LogP contribution < -0.4 is 5.32 Å². The predicted molar refractivity (Wildman–Crippen MR) is 117 cm³/mol. The summed E-state index contributed by atoms with van der Waals surface area (Å²) in [5, 5.41) is 5.87. The van der Waals surface area contributed by atoms with E-state index in [4.69, 9.17) is 0 Å². The van der Waals surface area contributed by atoms with Crippen LogP contribution in [0.25, 0.3) is 21.3 Å². The van der Waals surface area contributed by atoms with Crippen molar-refractivity contribution in [2.45, 2.75) is 13.0 Å². The first-order chi connectivity index (χ1) is 15.0. The molecule has 0 aliphatic rings. The molecule has 154 valence electrons. The van der Waals surface area contributed by atoms with Crippen LogP contribution in [0.2, 0.25) is 0 Å². The van der Waals surface area contributed by atoms with Crippen LogP contribution in [0.15, 0.2) is 71.9 Å². The largest absolute Gasteiger partial charge is 0.352 e. The number of carbonyl (C=O) groups excluding carboxylic acids is 2. The minimum absolute atomic E-state index is 0.125. The van der Waals surface area contributed by atoms with Gasteiger partial charge in [-0.25, -0.2) is 9.37 Å². The molecule has 1 N–H and O–H groups in total. The maximum atomic E-state index is 13.1. The van der Waals surface area contributed by atoms with Gasteiger partial charge in [-0.05, 0) is 53.1 Å². The summed E-state index contributed by atoms with van der Waals surface area (Å²) in [6.45, 7) is 0.221.